The van der Waals surface area contributed by atoms with Crippen molar-refractivity contribution in [1.29, 1.82) is 0 Å². The lowest BCUT2D eigenvalue weighted by molar-refractivity contribution is -0.140. The van der Waals surface area contributed by atoms with Gasteiger partial charge in [0.25, 0.3) is 0 Å². The van der Waals surface area contributed by atoms with Gasteiger partial charge < -0.3 is 25.2 Å². The second kappa shape index (κ2) is 10.3. The molecule has 2 aromatic carbocycles. The maximum Gasteiger partial charge on any atom is 0.407 e. The van der Waals surface area contributed by atoms with Gasteiger partial charge in [-0.3, -0.25) is 9.59 Å². The normalized spacial score (nSPS) is 20.2. The summed E-state index contributed by atoms with van der Waals surface area (Å²) in [4.78, 5) is 38.5. The average Bonchev–Trinajstić information content (AvgIpc) is 3.15. The maximum atomic E-state index is 13.1. The standard InChI is InChI=1S/C26H30N2O6/c1-16-10-11-17(29)14-28(16)25(32)23(12-13-24(30)31)27-26(33)34-15-22-20-8-4-2-6-18(20)19-7-3-5-9-21(19)22/h2-9,16-17,22-23,29H,10-15H2,1H3,(H,27,33)(H,30,31)/t16-,17-,23?/m1/s1. The fraction of sp³-hybridized carbons (Fsp3) is 0.423. The van der Waals surface area contributed by atoms with Gasteiger partial charge in [-0.05, 0) is 48.4 Å². The molecular formula is C26H30N2O6. The highest BCUT2D eigenvalue weighted by molar-refractivity contribution is 5.86. The number of aliphatic hydroxyl groups excluding tert-OH is 1. The molecule has 8 heteroatoms. The lowest BCUT2D eigenvalue weighted by atomic mass is 9.98. The highest BCUT2D eigenvalue weighted by Crippen LogP contribution is 2.44. The number of hydrogen-bond donors (Lipinski definition) is 3. The Labute approximate surface area is 198 Å². The summed E-state index contributed by atoms with van der Waals surface area (Å²) in [7, 11) is 0. The molecule has 1 aliphatic heterocycles. The number of ether oxygens (including phenoxy) is 1. The van der Waals surface area contributed by atoms with Gasteiger partial charge in [-0.1, -0.05) is 48.5 Å². The smallest absolute Gasteiger partial charge is 0.407 e. The van der Waals surface area contributed by atoms with Crippen LogP contribution in [0.5, 0.6) is 0 Å². The average molecular weight is 467 g/mol. The molecular weight excluding hydrogens is 436 g/mol. The van der Waals surface area contributed by atoms with Gasteiger partial charge in [0.1, 0.15) is 12.6 Å². The van der Waals surface area contributed by atoms with Crippen molar-refractivity contribution in [3.05, 3.63) is 59.7 Å². The molecule has 0 saturated carbocycles. The van der Waals surface area contributed by atoms with Crippen LogP contribution in [0.2, 0.25) is 0 Å². The lowest BCUT2D eigenvalue weighted by Gasteiger charge is -2.38. The third-order valence-electron chi connectivity index (χ3n) is 6.72. The zero-order valence-corrected chi connectivity index (χ0v) is 19.1. The van der Waals surface area contributed by atoms with E-state index in [0.29, 0.717) is 12.8 Å². The molecule has 2 amide bonds. The third kappa shape index (κ3) is 5.07. The minimum absolute atomic E-state index is 0.0579. The zero-order chi connectivity index (χ0) is 24.2. The maximum absolute atomic E-state index is 13.1. The number of likely N-dealkylation sites (tertiary alicyclic amines) is 1. The number of carbonyl (C=O) groups excluding carboxylic acids is 2. The number of β-amino-alcohol motifs (C(OH)–C–C–N with tert-alkyl or cyclic N) is 1. The largest absolute Gasteiger partial charge is 0.481 e. The molecule has 2 aliphatic rings. The second-order valence-electron chi connectivity index (χ2n) is 9.03. The van der Waals surface area contributed by atoms with Crippen molar-refractivity contribution in [3.63, 3.8) is 0 Å². The van der Waals surface area contributed by atoms with Crippen LogP contribution in [0, 0.1) is 0 Å². The van der Waals surface area contributed by atoms with E-state index in [9.17, 15) is 19.5 Å². The number of carboxylic acids is 1. The van der Waals surface area contributed by atoms with E-state index in [1.165, 1.54) is 4.90 Å². The predicted octanol–water partition coefficient (Wildman–Crippen LogP) is 3.13. The Morgan fingerprint density at radius 1 is 1.06 bits per heavy atom. The molecule has 2 aromatic rings. The van der Waals surface area contributed by atoms with Crippen LogP contribution in [0.4, 0.5) is 4.79 Å². The van der Waals surface area contributed by atoms with Gasteiger partial charge in [-0.25, -0.2) is 4.79 Å². The fourth-order valence-electron chi connectivity index (χ4n) is 4.90. The molecule has 0 bridgehead atoms. The summed E-state index contributed by atoms with van der Waals surface area (Å²) in [5.41, 5.74) is 4.37. The molecule has 1 saturated heterocycles. The Balaban J connectivity index is 1.44. The quantitative estimate of drug-likeness (QED) is 0.577. The fourth-order valence-corrected chi connectivity index (χ4v) is 4.90. The highest BCUT2D eigenvalue weighted by Gasteiger charge is 2.34. The van der Waals surface area contributed by atoms with Gasteiger partial charge in [-0.15, -0.1) is 0 Å². The van der Waals surface area contributed by atoms with Crippen LogP contribution < -0.4 is 5.32 Å². The summed E-state index contributed by atoms with van der Waals surface area (Å²) in [6, 6.07) is 14.8. The molecule has 1 aliphatic carbocycles. The van der Waals surface area contributed by atoms with Gasteiger partial charge in [0.15, 0.2) is 0 Å². The molecule has 3 N–H and O–H groups in total. The van der Waals surface area contributed by atoms with E-state index in [1.807, 2.05) is 55.5 Å². The van der Waals surface area contributed by atoms with E-state index in [0.717, 1.165) is 22.3 Å². The lowest BCUT2D eigenvalue weighted by Crippen LogP contribution is -2.55. The molecule has 34 heavy (non-hydrogen) atoms. The first-order valence-corrected chi connectivity index (χ1v) is 11.7. The molecule has 1 unspecified atom stereocenters. The number of rotatable bonds is 7. The summed E-state index contributed by atoms with van der Waals surface area (Å²) in [5, 5.41) is 21.7. The molecule has 0 spiro atoms. The number of carboxylic acid groups (broad SMARTS) is 1. The van der Waals surface area contributed by atoms with Gasteiger partial charge in [0.05, 0.1) is 6.10 Å². The minimum atomic E-state index is -1.06. The summed E-state index contributed by atoms with van der Waals surface area (Å²) >= 11 is 0. The summed E-state index contributed by atoms with van der Waals surface area (Å²) < 4.78 is 5.54. The van der Waals surface area contributed by atoms with Crippen LogP contribution >= 0.6 is 0 Å². The van der Waals surface area contributed by atoms with E-state index < -0.39 is 30.1 Å². The van der Waals surface area contributed by atoms with Gasteiger partial charge >= 0.3 is 12.1 Å². The number of fused-ring (bicyclic) bond motifs is 3. The predicted molar refractivity (Wildman–Crippen MR) is 125 cm³/mol. The van der Waals surface area contributed by atoms with E-state index >= 15 is 0 Å². The summed E-state index contributed by atoms with van der Waals surface area (Å²) in [6.45, 7) is 2.14. The van der Waals surface area contributed by atoms with Crippen LogP contribution in [0.15, 0.2) is 48.5 Å². The van der Waals surface area contributed by atoms with Crippen LogP contribution in [0.25, 0.3) is 11.1 Å². The van der Waals surface area contributed by atoms with Crippen LogP contribution in [0.1, 0.15) is 49.7 Å². The Morgan fingerprint density at radius 3 is 2.29 bits per heavy atom. The van der Waals surface area contributed by atoms with Crippen molar-refractivity contribution in [2.75, 3.05) is 13.2 Å². The first kappa shape index (κ1) is 23.8. The Kier molecular flexibility index (Phi) is 7.17. The number of alkyl carbamates (subject to hydrolysis) is 1. The summed E-state index contributed by atoms with van der Waals surface area (Å²) in [5.74, 6) is -1.58. The molecule has 180 valence electrons. The number of hydrogen-bond acceptors (Lipinski definition) is 5. The number of piperidine rings is 1. The molecule has 0 aromatic heterocycles. The minimum Gasteiger partial charge on any atom is -0.481 e. The SMILES string of the molecule is C[C@@H]1CC[C@@H](O)CN1C(=O)C(CCC(=O)O)NC(=O)OCC1c2ccccc2-c2ccccc21. The second-order valence-corrected chi connectivity index (χ2v) is 9.03. The van der Waals surface area contributed by atoms with Gasteiger partial charge in [0, 0.05) is 24.9 Å². The van der Waals surface area contributed by atoms with Gasteiger partial charge in [-0.2, -0.15) is 0 Å². The number of nitrogens with zero attached hydrogens (tertiary/aromatic N) is 1. The van der Waals surface area contributed by atoms with Crippen LogP contribution in [-0.4, -0.2) is 64.4 Å². The molecule has 8 nitrogen and oxygen atoms in total. The highest BCUT2D eigenvalue weighted by atomic mass is 16.5. The molecule has 4 rings (SSSR count). The van der Waals surface area contributed by atoms with E-state index in [1.54, 1.807) is 0 Å². The third-order valence-corrected chi connectivity index (χ3v) is 6.72. The first-order chi connectivity index (χ1) is 16.3. The first-order valence-electron chi connectivity index (χ1n) is 11.7. The van der Waals surface area contributed by atoms with Crippen molar-refractivity contribution in [3.8, 4) is 11.1 Å². The van der Waals surface area contributed by atoms with Crippen molar-refractivity contribution in [2.24, 2.45) is 0 Å². The van der Waals surface area contributed by atoms with Crippen molar-refractivity contribution < 1.29 is 29.3 Å². The van der Waals surface area contributed by atoms with Crippen LogP contribution in [-0.2, 0) is 14.3 Å². The zero-order valence-electron chi connectivity index (χ0n) is 19.1. The number of nitrogens with one attached hydrogen (secondary N) is 1. The molecule has 1 fully saturated rings. The Hall–Kier alpha value is -3.39. The number of aliphatic carboxylic acids is 1. The van der Waals surface area contributed by atoms with E-state index in [2.05, 4.69) is 5.32 Å². The Bertz CT molecular complexity index is 1030. The monoisotopic (exact) mass is 466 g/mol. The molecule has 3 atom stereocenters. The van der Waals surface area contributed by atoms with Crippen molar-refractivity contribution >= 4 is 18.0 Å². The summed E-state index contributed by atoms with van der Waals surface area (Å²) in [6.07, 6.45) is -0.484. The van der Waals surface area contributed by atoms with Crippen molar-refractivity contribution in [2.45, 2.75) is 56.7 Å². The topological polar surface area (TPSA) is 116 Å². The molecule has 0 radical (unpaired) electrons. The Morgan fingerprint density at radius 2 is 1.68 bits per heavy atom. The number of carbonyl (C=O) groups is 3. The van der Waals surface area contributed by atoms with E-state index in [-0.39, 0.29) is 38.0 Å². The van der Waals surface area contributed by atoms with E-state index in [4.69, 9.17) is 9.84 Å². The number of benzene rings is 2. The number of aliphatic hydroxyl groups is 1. The number of amides is 2. The van der Waals surface area contributed by atoms with Crippen LogP contribution in [0.3, 0.4) is 0 Å². The van der Waals surface area contributed by atoms with Crippen molar-refractivity contribution in [1.82, 2.24) is 10.2 Å². The van der Waals surface area contributed by atoms with Gasteiger partial charge in [0.2, 0.25) is 5.91 Å². The molecule has 1 heterocycles.